The largest absolute Gasteiger partial charge is 0.506 e. The molecule has 2 aliphatic rings. The molecule has 0 radical (unpaired) electrons. The normalized spacial score (nSPS) is 17.1. The predicted octanol–water partition coefficient (Wildman–Crippen LogP) is 2.54. The molecule has 11 amide bonds. The molecule has 97 heavy (non-hydrogen) atoms. The number of ether oxygens (including phenoxy) is 2. The van der Waals surface area contributed by atoms with Gasteiger partial charge >= 0.3 is 6.09 Å². The van der Waals surface area contributed by atoms with Crippen LogP contribution in [0.15, 0.2) is 103 Å². The highest BCUT2D eigenvalue weighted by Crippen LogP contribution is 2.27. The molecule has 2 heterocycles. The number of phenols is 2. The van der Waals surface area contributed by atoms with Crippen molar-refractivity contribution in [3.63, 3.8) is 0 Å². The first-order valence-corrected chi connectivity index (χ1v) is 32.3. The molecule has 1 unspecified atom stereocenters. The molecule has 0 fully saturated rings. The van der Waals surface area contributed by atoms with E-state index in [1.54, 1.807) is 52.0 Å². The Kier molecular flexibility index (Phi) is 28.1. The molecule has 0 aliphatic carbocycles. The van der Waals surface area contributed by atoms with Gasteiger partial charge in [0.1, 0.15) is 29.5 Å². The number of nitrogens with one attached hydrogen (secondary N) is 9. The fourth-order valence-electron chi connectivity index (χ4n) is 10.8. The second-order valence-electron chi connectivity index (χ2n) is 24.1. The number of aromatic hydroxyl groups is 2. The van der Waals surface area contributed by atoms with Crippen molar-refractivity contribution in [3.8, 4) is 17.2 Å². The molecule has 1 atom stereocenters. The summed E-state index contributed by atoms with van der Waals surface area (Å²) in [4.78, 5) is 155. The van der Waals surface area contributed by atoms with Gasteiger partial charge in [-0.2, -0.15) is 0 Å². The maximum absolute atomic E-state index is 14.5. The summed E-state index contributed by atoms with van der Waals surface area (Å²) >= 11 is 0. The van der Waals surface area contributed by atoms with Gasteiger partial charge in [0.15, 0.2) is 0 Å². The summed E-state index contributed by atoms with van der Waals surface area (Å²) in [5, 5.41) is 48.4. The van der Waals surface area contributed by atoms with Gasteiger partial charge in [0, 0.05) is 135 Å². The molecular weight excluding hydrogens is 1250 g/mol. The molecule has 518 valence electrons. The Labute approximate surface area is 562 Å². The molecule has 2 aliphatic heterocycles. The molecule has 28 nitrogen and oxygen atoms in total. The number of carbonyl (C=O) groups is 11. The van der Waals surface area contributed by atoms with Crippen LogP contribution < -0.4 is 52.6 Å². The number of benzene rings is 5. The lowest BCUT2D eigenvalue weighted by Gasteiger charge is -2.31. The first-order chi connectivity index (χ1) is 46.6. The number of unbranched alkanes of at least 4 members (excludes halogenated alkanes) is 1. The molecule has 5 aromatic carbocycles. The van der Waals surface area contributed by atoms with E-state index in [2.05, 4.69) is 47.9 Å². The van der Waals surface area contributed by atoms with Crippen molar-refractivity contribution < 1.29 is 72.4 Å². The van der Waals surface area contributed by atoms with Gasteiger partial charge in [-0.3, -0.25) is 57.7 Å². The summed E-state index contributed by atoms with van der Waals surface area (Å²) in [6.45, 7) is 8.15. The smallest absolute Gasteiger partial charge is 0.407 e. The molecule has 0 spiro atoms. The van der Waals surface area contributed by atoms with Crippen molar-refractivity contribution >= 4 is 66.2 Å². The van der Waals surface area contributed by atoms with Crippen molar-refractivity contribution in [2.24, 2.45) is 0 Å². The number of nitrogens with zero attached hydrogens (tertiary/aromatic N) is 4. The number of fused-ring (bicyclic) bond motifs is 8. The van der Waals surface area contributed by atoms with E-state index in [1.165, 1.54) is 58.3 Å². The quantitative estimate of drug-likeness (QED) is 0.0596. The van der Waals surface area contributed by atoms with E-state index in [1.807, 2.05) is 40.1 Å². The van der Waals surface area contributed by atoms with Gasteiger partial charge in [0.05, 0.1) is 33.4 Å². The van der Waals surface area contributed by atoms with Crippen LogP contribution >= 0.6 is 0 Å². The van der Waals surface area contributed by atoms with Crippen LogP contribution in [0.5, 0.6) is 17.2 Å². The summed E-state index contributed by atoms with van der Waals surface area (Å²) in [5.74, 6) is -6.19. The van der Waals surface area contributed by atoms with Crippen LogP contribution in [0.25, 0.3) is 0 Å². The van der Waals surface area contributed by atoms with Crippen molar-refractivity contribution in [2.75, 3.05) is 118 Å². The molecule has 0 aromatic heterocycles. The zero-order chi connectivity index (χ0) is 69.9. The minimum absolute atomic E-state index is 0.00107. The van der Waals surface area contributed by atoms with Crippen molar-refractivity contribution in [1.29, 1.82) is 0 Å². The van der Waals surface area contributed by atoms with Gasteiger partial charge in [-0.15, -0.1) is 0 Å². The lowest BCUT2D eigenvalue weighted by atomic mass is 10.0. The highest BCUT2D eigenvalue weighted by Gasteiger charge is 2.27. The number of amides is 11. The molecule has 8 bridgehead atoms. The third-order valence-electron chi connectivity index (χ3n) is 16.0. The van der Waals surface area contributed by atoms with E-state index >= 15 is 0 Å². The highest BCUT2D eigenvalue weighted by atomic mass is 16.6. The Morgan fingerprint density at radius 2 is 0.866 bits per heavy atom. The Morgan fingerprint density at radius 3 is 1.30 bits per heavy atom. The number of rotatable bonds is 13. The van der Waals surface area contributed by atoms with Gasteiger partial charge in [0.25, 0.3) is 47.3 Å². The molecule has 0 saturated heterocycles. The number of alkyl carbamates (subject to hydrolysis) is 1. The third-order valence-corrected chi connectivity index (χ3v) is 16.0. The van der Waals surface area contributed by atoms with Gasteiger partial charge in [-0.05, 0) is 107 Å². The minimum Gasteiger partial charge on any atom is -0.506 e. The van der Waals surface area contributed by atoms with Crippen LogP contribution in [0.4, 0.5) is 4.79 Å². The van der Waals surface area contributed by atoms with Gasteiger partial charge in [-0.1, -0.05) is 54.6 Å². The molecule has 7 rings (SSSR count). The highest BCUT2D eigenvalue weighted by molar-refractivity contribution is 6.06. The fraction of sp³-hybridized carbons (Fsp3) is 0.406. The maximum atomic E-state index is 14.5. The van der Waals surface area contributed by atoms with Crippen LogP contribution in [-0.2, 0) is 20.9 Å². The molecule has 5 aromatic rings. The Bertz CT molecular complexity index is 3600. The van der Waals surface area contributed by atoms with Crippen LogP contribution in [0.2, 0.25) is 0 Å². The standard InChI is InChI=1S/C69H87N13O15/c1-46-49-17-10-18-50(46)61(88)71-29-36-81(44-83)37-31-74-64(91)53-21-12-22-54(58(53)86)67(94)78-48(16-8-9-25-77-68(95)97-69(2,3)4)42-80(35-28-70-60(49)87)41-40-79-33-26-72-62(89)51-19-11-20-52(57(51)85)63(90)73-30-38-82(45-84)39-32-76-66(93)56-24-13-23-55(65(92)75-27-34-79)59(56)96-43-47-14-6-5-7-15-47/h5-7,10-15,17-24,44-45,48,85-86H,8-9,16,25-43H2,1-4H3,(H,70,87)(H,71,88)(H,72,89)(H,73,90)(H,74,91)(H,75,92)(H,76,93)(H,77,95)(H,78,94). The average Bonchev–Trinajstić information content (AvgIpc) is 0.879. The second kappa shape index (κ2) is 36.9. The molecular formula is C69H87N13O15. The number of para-hydroxylation sites is 3. The lowest BCUT2D eigenvalue weighted by molar-refractivity contribution is -0.118. The Hall–Kier alpha value is -10.6. The number of carbonyl (C=O) groups excluding carboxylic acids is 11. The van der Waals surface area contributed by atoms with Crippen LogP contribution in [0.1, 0.15) is 134 Å². The van der Waals surface area contributed by atoms with E-state index in [0.29, 0.717) is 37.6 Å². The summed E-state index contributed by atoms with van der Waals surface area (Å²) in [7, 11) is 0. The van der Waals surface area contributed by atoms with Crippen molar-refractivity contribution in [3.05, 3.63) is 159 Å². The summed E-state index contributed by atoms with van der Waals surface area (Å²) in [6.07, 6.45) is 1.72. The predicted molar refractivity (Wildman–Crippen MR) is 358 cm³/mol. The first kappa shape index (κ1) is 73.8. The lowest BCUT2D eigenvalue weighted by Crippen LogP contribution is -2.49. The van der Waals surface area contributed by atoms with E-state index < -0.39 is 76.5 Å². The second-order valence-corrected chi connectivity index (χ2v) is 24.1. The van der Waals surface area contributed by atoms with E-state index in [0.717, 1.165) is 5.56 Å². The Morgan fingerprint density at radius 1 is 0.495 bits per heavy atom. The van der Waals surface area contributed by atoms with E-state index in [9.17, 15) is 63.0 Å². The minimum atomic E-state index is -0.742. The fourth-order valence-corrected chi connectivity index (χ4v) is 10.8. The van der Waals surface area contributed by atoms with E-state index in [-0.39, 0.29) is 175 Å². The van der Waals surface area contributed by atoms with Gasteiger partial charge in [0.2, 0.25) is 12.8 Å². The van der Waals surface area contributed by atoms with Gasteiger partial charge in [-0.25, -0.2) is 4.79 Å². The molecule has 0 saturated carbocycles. The first-order valence-electron chi connectivity index (χ1n) is 32.3. The maximum Gasteiger partial charge on any atom is 0.407 e. The zero-order valence-electron chi connectivity index (χ0n) is 55.1. The van der Waals surface area contributed by atoms with E-state index in [4.69, 9.17) is 9.47 Å². The van der Waals surface area contributed by atoms with Gasteiger partial charge < -0.3 is 77.3 Å². The van der Waals surface area contributed by atoms with Crippen molar-refractivity contribution in [1.82, 2.24) is 67.5 Å². The monoisotopic (exact) mass is 1340 g/mol. The zero-order valence-corrected chi connectivity index (χ0v) is 55.1. The third kappa shape index (κ3) is 22.5. The SMILES string of the molecule is Cc1c2cccc1C(=O)NCCN(CCN1CCNC(=O)c3cccc(c3O)C(=O)NCCN(C=O)CCNC(=O)c3cccc(c3OCc3ccccc3)C(=O)NCC1)CC(CCCCNC(=O)OC(C)(C)C)NC(=O)c1cccc(c1O)C(=O)NCCN(C=O)CCNC2=O. The van der Waals surface area contributed by atoms with Crippen LogP contribution in [0.3, 0.4) is 0 Å². The topological polar surface area (TPSA) is 368 Å². The molecule has 11 N–H and O–H groups in total. The molecule has 28 heteroatoms. The number of hydrogen-bond donors (Lipinski definition) is 11. The van der Waals surface area contributed by atoms with Crippen molar-refractivity contribution in [2.45, 2.75) is 65.2 Å². The number of hydrogen-bond acceptors (Lipinski definition) is 17. The Balaban J connectivity index is 1.21. The number of phenolic OH excluding ortho intramolecular Hbond substituents is 2. The summed E-state index contributed by atoms with van der Waals surface area (Å²) < 4.78 is 11.7. The summed E-state index contributed by atoms with van der Waals surface area (Å²) in [6, 6.07) is 26.0. The van der Waals surface area contributed by atoms with Crippen LogP contribution in [-0.4, -0.2) is 225 Å². The summed E-state index contributed by atoms with van der Waals surface area (Å²) in [5.41, 5.74) is 0.146. The van der Waals surface area contributed by atoms with Crippen LogP contribution in [0, 0.1) is 6.92 Å². The average molecular weight is 1340 g/mol.